The maximum Gasteiger partial charge on any atom is 0.243 e. The summed E-state index contributed by atoms with van der Waals surface area (Å²) in [5.74, 6) is 0.654. The Morgan fingerprint density at radius 2 is 1.68 bits per heavy atom. The molecular formula is C20H21BrN4O2S. The van der Waals surface area contributed by atoms with Gasteiger partial charge in [-0.3, -0.25) is 0 Å². The summed E-state index contributed by atoms with van der Waals surface area (Å²) >= 11 is 3.44. The predicted octanol–water partition coefficient (Wildman–Crippen LogP) is 4.62. The van der Waals surface area contributed by atoms with E-state index in [2.05, 4.69) is 31.2 Å². The second kappa shape index (κ2) is 7.77. The predicted molar refractivity (Wildman–Crippen MR) is 114 cm³/mol. The zero-order chi connectivity index (χ0) is 19.7. The quantitative estimate of drug-likeness (QED) is 0.614. The van der Waals surface area contributed by atoms with Gasteiger partial charge in [0.15, 0.2) is 5.82 Å². The molecule has 0 amide bonds. The van der Waals surface area contributed by atoms with Crippen molar-refractivity contribution in [2.75, 3.05) is 18.4 Å². The Morgan fingerprint density at radius 3 is 2.39 bits per heavy atom. The summed E-state index contributed by atoms with van der Waals surface area (Å²) in [6, 6.07) is 12.6. The van der Waals surface area contributed by atoms with Crippen molar-refractivity contribution in [2.24, 2.45) is 0 Å². The first-order chi connectivity index (χ1) is 13.4. The number of sulfonamides is 1. The number of halogens is 1. The second-order valence-electron chi connectivity index (χ2n) is 6.90. The average molecular weight is 461 g/mol. The molecule has 8 heteroatoms. The fourth-order valence-corrected chi connectivity index (χ4v) is 5.20. The molecule has 3 aromatic rings. The van der Waals surface area contributed by atoms with Crippen molar-refractivity contribution in [3.05, 3.63) is 52.6 Å². The summed E-state index contributed by atoms with van der Waals surface area (Å²) in [7, 11) is -3.42. The molecule has 0 saturated carbocycles. The van der Waals surface area contributed by atoms with Gasteiger partial charge in [0.25, 0.3) is 0 Å². The van der Waals surface area contributed by atoms with E-state index in [1.165, 1.54) is 0 Å². The molecule has 4 rings (SSSR count). The van der Waals surface area contributed by atoms with E-state index in [1.807, 2.05) is 25.1 Å². The van der Waals surface area contributed by atoms with Gasteiger partial charge >= 0.3 is 0 Å². The Balaban J connectivity index is 1.57. The van der Waals surface area contributed by atoms with Gasteiger partial charge in [0.05, 0.1) is 21.6 Å². The Labute approximate surface area is 173 Å². The Kier molecular flexibility index (Phi) is 5.35. The maximum atomic E-state index is 12.8. The van der Waals surface area contributed by atoms with Gasteiger partial charge in [-0.25, -0.2) is 18.4 Å². The van der Waals surface area contributed by atoms with Gasteiger partial charge in [-0.1, -0.05) is 22.4 Å². The van der Waals surface area contributed by atoms with Crippen LogP contribution in [-0.2, 0) is 10.0 Å². The number of piperidine rings is 1. The van der Waals surface area contributed by atoms with Crippen LogP contribution in [0.4, 0.5) is 11.5 Å². The van der Waals surface area contributed by atoms with E-state index in [9.17, 15) is 8.42 Å². The van der Waals surface area contributed by atoms with E-state index in [4.69, 9.17) is 0 Å². The second-order valence-corrected chi connectivity index (χ2v) is 9.76. The van der Waals surface area contributed by atoms with Gasteiger partial charge < -0.3 is 5.32 Å². The summed E-state index contributed by atoms with van der Waals surface area (Å²) in [6.45, 7) is 3.10. The standard InChI is InChI=1S/C20H21BrN4O2S/c1-14-20(24-18-10-5-15(21)13-19(18)22-14)23-16-6-8-17(9-7-16)28(26,27)25-11-3-2-4-12-25/h5-10,13H,2-4,11-12H2,1H3,(H,23,24). The van der Waals surface area contributed by atoms with Crippen LogP contribution in [0.25, 0.3) is 11.0 Å². The molecular weight excluding hydrogens is 440 g/mol. The van der Waals surface area contributed by atoms with Crippen molar-refractivity contribution >= 4 is 48.5 Å². The van der Waals surface area contributed by atoms with Crippen molar-refractivity contribution in [3.8, 4) is 0 Å². The Bertz CT molecular complexity index is 1110. The van der Waals surface area contributed by atoms with E-state index < -0.39 is 10.0 Å². The Morgan fingerprint density at radius 1 is 0.964 bits per heavy atom. The van der Waals surface area contributed by atoms with E-state index in [1.54, 1.807) is 28.6 Å². The van der Waals surface area contributed by atoms with Gasteiger partial charge in [-0.15, -0.1) is 0 Å². The molecule has 1 N–H and O–H groups in total. The number of nitrogens with one attached hydrogen (secondary N) is 1. The van der Waals surface area contributed by atoms with E-state index >= 15 is 0 Å². The number of aryl methyl sites for hydroxylation is 1. The fourth-order valence-electron chi connectivity index (χ4n) is 3.34. The zero-order valence-electron chi connectivity index (χ0n) is 15.5. The minimum Gasteiger partial charge on any atom is -0.339 e. The molecule has 0 aliphatic carbocycles. The molecule has 1 saturated heterocycles. The first kappa shape index (κ1) is 19.3. The first-order valence-electron chi connectivity index (χ1n) is 9.25. The number of hydrogen-bond donors (Lipinski definition) is 1. The largest absolute Gasteiger partial charge is 0.339 e. The smallest absolute Gasteiger partial charge is 0.243 e. The number of anilines is 2. The SMILES string of the molecule is Cc1nc2cc(Br)ccc2nc1Nc1ccc(S(=O)(=O)N2CCCCC2)cc1. The molecule has 2 aromatic carbocycles. The zero-order valence-corrected chi connectivity index (χ0v) is 17.9. The van der Waals surface area contributed by atoms with Crippen LogP contribution in [0.15, 0.2) is 51.8 Å². The molecule has 146 valence electrons. The molecule has 0 bridgehead atoms. The number of benzene rings is 2. The van der Waals surface area contributed by atoms with Gasteiger partial charge in [0.1, 0.15) is 0 Å². The molecule has 0 atom stereocenters. The maximum absolute atomic E-state index is 12.8. The highest BCUT2D eigenvalue weighted by atomic mass is 79.9. The van der Waals surface area contributed by atoms with Crippen LogP contribution < -0.4 is 5.32 Å². The topological polar surface area (TPSA) is 75.2 Å². The van der Waals surface area contributed by atoms with Crippen molar-refractivity contribution in [3.63, 3.8) is 0 Å². The molecule has 1 aliphatic heterocycles. The van der Waals surface area contributed by atoms with E-state index in [0.717, 1.165) is 46.1 Å². The summed E-state index contributed by atoms with van der Waals surface area (Å²) in [5.41, 5.74) is 3.16. The highest BCUT2D eigenvalue weighted by Crippen LogP contribution is 2.25. The van der Waals surface area contributed by atoms with Gasteiger partial charge in [-0.05, 0) is 62.2 Å². The molecule has 0 spiro atoms. The molecule has 28 heavy (non-hydrogen) atoms. The third-order valence-electron chi connectivity index (χ3n) is 4.87. The highest BCUT2D eigenvalue weighted by Gasteiger charge is 2.25. The van der Waals surface area contributed by atoms with Crippen LogP contribution in [-0.4, -0.2) is 35.8 Å². The Hall–Kier alpha value is -2.03. The number of rotatable bonds is 4. The highest BCUT2D eigenvalue weighted by molar-refractivity contribution is 9.10. The minimum atomic E-state index is -3.42. The fraction of sp³-hybridized carbons (Fsp3) is 0.300. The molecule has 1 aromatic heterocycles. The number of nitrogens with zero attached hydrogens (tertiary/aromatic N) is 3. The molecule has 1 aliphatic rings. The lowest BCUT2D eigenvalue weighted by molar-refractivity contribution is 0.346. The van der Waals surface area contributed by atoms with E-state index in [-0.39, 0.29) is 0 Å². The average Bonchev–Trinajstić information content (AvgIpc) is 2.70. The molecule has 0 radical (unpaired) electrons. The van der Waals surface area contributed by atoms with Crippen LogP contribution in [0.2, 0.25) is 0 Å². The van der Waals surface area contributed by atoms with Gasteiger partial charge in [-0.2, -0.15) is 4.31 Å². The molecule has 0 unspecified atom stereocenters. The third kappa shape index (κ3) is 3.90. The van der Waals surface area contributed by atoms with Crippen molar-refractivity contribution in [1.82, 2.24) is 14.3 Å². The van der Waals surface area contributed by atoms with Crippen LogP contribution in [0.5, 0.6) is 0 Å². The monoisotopic (exact) mass is 460 g/mol. The van der Waals surface area contributed by atoms with Crippen LogP contribution in [0.3, 0.4) is 0 Å². The minimum absolute atomic E-state index is 0.325. The molecule has 1 fully saturated rings. The van der Waals surface area contributed by atoms with Crippen molar-refractivity contribution < 1.29 is 8.42 Å². The molecule has 2 heterocycles. The van der Waals surface area contributed by atoms with Crippen LogP contribution in [0.1, 0.15) is 25.0 Å². The van der Waals surface area contributed by atoms with Crippen LogP contribution >= 0.6 is 15.9 Å². The number of hydrogen-bond acceptors (Lipinski definition) is 5. The lowest BCUT2D eigenvalue weighted by Crippen LogP contribution is -2.35. The summed E-state index contributed by atoms with van der Waals surface area (Å²) < 4.78 is 28.1. The number of aromatic nitrogens is 2. The molecule has 6 nitrogen and oxygen atoms in total. The van der Waals surface area contributed by atoms with Gasteiger partial charge in [0, 0.05) is 23.2 Å². The van der Waals surface area contributed by atoms with E-state index in [0.29, 0.717) is 23.8 Å². The van der Waals surface area contributed by atoms with Gasteiger partial charge in [0.2, 0.25) is 10.0 Å². The number of fused-ring (bicyclic) bond motifs is 1. The van der Waals surface area contributed by atoms with Crippen molar-refractivity contribution in [1.29, 1.82) is 0 Å². The summed E-state index contributed by atoms with van der Waals surface area (Å²) in [5, 5.41) is 3.24. The lowest BCUT2D eigenvalue weighted by atomic mass is 10.2. The van der Waals surface area contributed by atoms with Crippen LogP contribution in [0, 0.1) is 6.92 Å². The first-order valence-corrected chi connectivity index (χ1v) is 11.5. The normalized spacial score (nSPS) is 15.6. The summed E-state index contributed by atoms with van der Waals surface area (Å²) in [6.07, 6.45) is 2.95. The van der Waals surface area contributed by atoms with Crippen molar-refractivity contribution in [2.45, 2.75) is 31.1 Å². The lowest BCUT2D eigenvalue weighted by Gasteiger charge is -2.25. The summed E-state index contributed by atoms with van der Waals surface area (Å²) in [4.78, 5) is 9.55. The third-order valence-corrected chi connectivity index (χ3v) is 7.28.